The van der Waals surface area contributed by atoms with Crippen LogP contribution in [0.1, 0.15) is 12.8 Å². The third-order valence-electron chi connectivity index (χ3n) is 4.89. The molecule has 30 heavy (non-hydrogen) atoms. The van der Waals surface area contributed by atoms with Gasteiger partial charge in [0.2, 0.25) is 11.8 Å². The number of carbonyl (C=O) groups excluding carboxylic acids is 2. The number of hydrogen-bond acceptors (Lipinski definition) is 4. The maximum Gasteiger partial charge on any atom is 0.243 e. The van der Waals surface area contributed by atoms with E-state index in [1.807, 2.05) is 48.5 Å². The van der Waals surface area contributed by atoms with Crippen LogP contribution in [0.25, 0.3) is 10.4 Å². The van der Waals surface area contributed by atoms with Crippen LogP contribution >= 0.6 is 31.9 Å². The largest absolute Gasteiger partial charge is 0.320 e. The first-order chi connectivity index (χ1) is 14.4. The number of nitrogens with zero attached hydrogens (tertiary/aromatic N) is 5. The first kappa shape index (κ1) is 22.3. The molecule has 2 aliphatic heterocycles. The van der Waals surface area contributed by atoms with Gasteiger partial charge in [-0.15, -0.1) is 0 Å². The zero-order valence-electron chi connectivity index (χ0n) is 16.0. The van der Waals surface area contributed by atoms with Crippen molar-refractivity contribution in [2.45, 2.75) is 24.9 Å². The first-order valence-electron chi connectivity index (χ1n) is 9.34. The lowest BCUT2D eigenvalue weighted by Crippen LogP contribution is -2.33. The van der Waals surface area contributed by atoms with Crippen LogP contribution in [-0.2, 0) is 9.59 Å². The number of carbonyl (C=O) groups is 2. The second kappa shape index (κ2) is 10.1. The van der Waals surface area contributed by atoms with E-state index in [-0.39, 0.29) is 17.9 Å². The van der Waals surface area contributed by atoms with E-state index in [2.05, 4.69) is 41.9 Å². The van der Waals surface area contributed by atoms with Crippen LogP contribution in [0.4, 0.5) is 11.4 Å². The molecule has 0 aromatic heterocycles. The molecular formula is C20H20Br2N6O2. The summed E-state index contributed by atoms with van der Waals surface area (Å²) >= 11 is 6.69. The Balaban J connectivity index is 0.000000172. The average Bonchev–Trinajstić information content (AvgIpc) is 3.27. The minimum atomic E-state index is -0.548. The molecule has 0 bridgehead atoms. The van der Waals surface area contributed by atoms with E-state index >= 15 is 0 Å². The summed E-state index contributed by atoms with van der Waals surface area (Å²) in [6.45, 7) is 1.33. The summed E-state index contributed by atoms with van der Waals surface area (Å²) < 4.78 is 1.98. The van der Waals surface area contributed by atoms with E-state index in [4.69, 9.17) is 11.3 Å². The Morgan fingerprint density at radius 3 is 1.77 bits per heavy atom. The molecule has 4 rings (SSSR count). The number of rotatable bonds is 3. The molecule has 2 saturated heterocycles. The van der Waals surface area contributed by atoms with Crippen LogP contribution in [0.2, 0.25) is 0 Å². The van der Waals surface area contributed by atoms with Crippen molar-refractivity contribution in [1.82, 2.24) is 0 Å². The van der Waals surface area contributed by atoms with Crippen LogP contribution in [-0.4, -0.2) is 37.0 Å². The van der Waals surface area contributed by atoms with Crippen molar-refractivity contribution in [2.24, 2.45) is 10.8 Å². The lowest BCUT2D eigenvalue weighted by atomic mass is 10.3. The van der Waals surface area contributed by atoms with Crippen molar-refractivity contribution in [3.8, 4) is 0 Å². The van der Waals surface area contributed by atoms with Gasteiger partial charge in [0, 0.05) is 38.3 Å². The van der Waals surface area contributed by atoms with Gasteiger partial charge in [-0.05, 0) is 66.9 Å². The number of benzene rings is 2. The fourth-order valence-corrected chi connectivity index (χ4v) is 3.82. The Morgan fingerprint density at radius 1 is 0.867 bits per heavy atom. The summed E-state index contributed by atoms with van der Waals surface area (Å²) in [5, 5.41) is 3.48. The fourth-order valence-electron chi connectivity index (χ4n) is 3.29. The van der Waals surface area contributed by atoms with Gasteiger partial charge in [-0.1, -0.05) is 37.0 Å². The second-order valence-electron chi connectivity index (χ2n) is 6.84. The summed E-state index contributed by atoms with van der Waals surface area (Å²) in [5.41, 5.74) is 15.7. The van der Waals surface area contributed by atoms with Gasteiger partial charge in [0.25, 0.3) is 0 Å². The lowest BCUT2D eigenvalue weighted by molar-refractivity contribution is -0.118. The number of halogens is 2. The minimum Gasteiger partial charge on any atom is -0.320 e. The predicted molar refractivity (Wildman–Crippen MR) is 123 cm³/mol. The Kier molecular flexibility index (Phi) is 7.49. The van der Waals surface area contributed by atoms with Crippen molar-refractivity contribution >= 4 is 55.0 Å². The van der Waals surface area contributed by atoms with E-state index in [0.29, 0.717) is 13.0 Å². The van der Waals surface area contributed by atoms with E-state index in [1.165, 1.54) is 0 Å². The van der Waals surface area contributed by atoms with Crippen LogP contribution < -0.4 is 15.5 Å². The maximum atomic E-state index is 11.8. The highest BCUT2D eigenvalue weighted by Crippen LogP contribution is 2.25. The standard InChI is InChI=1S/C10H9BrN4O.C10H11BrN2O/c11-7-1-3-8(4-2-7)15-6-5-9(10(15)16)13-14-12;11-7-1-3-8(4-2-7)13-6-5-9(12)10(13)14/h1-4,9H,5-6H2;1-4,9H,5-6,12H2. The molecule has 10 heteroatoms. The van der Waals surface area contributed by atoms with Gasteiger partial charge in [0.05, 0.1) is 6.04 Å². The van der Waals surface area contributed by atoms with Crippen molar-refractivity contribution < 1.29 is 9.59 Å². The van der Waals surface area contributed by atoms with Crippen molar-refractivity contribution in [2.75, 3.05) is 22.9 Å². The highest BCUT2D eigenvalue weighted by Gasteiger charge is 2.31. The summed E-state index contributed by atoms with van der Waals surface area (Å²) in [4.78, 5) is 29.5. The highest BCUT2D eigenvalue weighted by molar-refractivity contribution is 9.10. The number of azide groups is 1. The maximum absolute atomic E-state index is 11.8. The van der Waals surface area contributed by atoms with Crippen molar-refractivity contribution in [1.29, 1.82) is 0 Å². The second-order valence-corrected chi connectivity index (χ2v) is 8.67. The predicted octanol–water partition coefficient (Wildman–Crippen LogP) is 4.38. The Hall–Kier alpha value is -2.39. The molecule has 2 N–H and O–H groups in total. The quantitative estimate of drug-likeness (QED) is 0.357. The highest BCUT2D eigenvalue weighted by atomic mass is 79.9. The van der Waals surface area contributed by atoms with Gasteiger partial charge >= 0.3 is 0 Å². The first-order valence-corrected chi connectivity index (χ1v) is 10.9. The summed E-state index contributed by atoms with van der Waals surface area (Å²) in [7, 11) is 0. The van der Waals surface area contributed by atoms with Crippen molar-refractivity contribution in [3.05, 3.63) is 67.9 Å². The Morgan fingerprint density at radius 2 is 1.33 bits per heavy atom. The van der Waals surface area contributed by atoms with Gasteiger partial charge in [-0.2, -0.15) is 0 Å². The van der Waals surface area contributed by atoms with Crippen LogP contribution in [0.15, 0.2) is 62.6 Å². The van der Waals surface area contributed by atoms with Gasteiger partial charge in [-0.3, -0.25) is 9.59 Å². The zero-order chi connectivity index (χ0) is 21.7. The molecule has 2 heterocycles. The van der Waals surface area contributed by atoms with Gasteiger partial charge in [0.1, 0.15) is 6.04 Å². The average molecular weight is 536 g/mol. The molecule has 0 saturated carbocycles. The summed E-state index contributed by atoms with van der Waals surface area (Å²) in [6.07, 6.45) is 1.33. The third kappa shape index (κ3) is 5.20. The molecule has 2 atom stereocenters. The number of anilines is 2. The SMILES string of the molecule is NC1CCN(c2ccc(Br)cc2)C1=O.[N-]=[N+]=NC1CCN(c2ccc(Br)cc2)C1=O. The summed E-state index contributed by atoms with van der Waals surface area (Å²) in [5.74, 6) is -0.104. The molecule has 2 unspecified atom stereocenters. The topological polar surface area (TPSA) is 115 Å². The third-order valence-corrected chi connectivity index (χ3v) is 5.95. The lowest BCUT2D eigenvalue weighted by Gasteiger charge is -2.15. The van der Waals surface area contributed by atoms with Crippen molar-refractivity contribution in [3.63, 3.8) is 0 Å². The van der Waals surface area contributed by atoms with Gasteiger partial charge < -0.3 is 15.5 Å². The number of amides is 2. The molecule has 2 aromatic carbocycles. The van der Waals surface area contributed by atoms with E-state index in [0.717, 1.165) is 33.3 Å². The molecule has 2 aromatic rings. The molecule has 0 aliphatic carbocycles. The van der Waals surface area contributed by atoms with E-state index in [1.54, 1.807) is 9.80 Å². The smallest absolute Gasteiger partial charge is 0.243 e. The van der Waals surface area contributed by atoms with Crippen LogP contribution in [0.5, 0.6) is 0 Å². The van der Waals surface area contributed by atoms with E-state index < -0.39 is 6.04 Å². The molecule has 8 nitrogen and oxygen atoms in total. The minimum absolute atomic E-state index is 0.0207. The fraction of sp³-hybridized carbons (Fsp3) is 0.300. The Bertz CT molecular complexity index is 960. The molecule has 0 spiro atoms. The molecule has 2 aliphatic rings. The molecule has 2 amide bonds. The van der Waals surface area contributed by atoms with Crippen LogP contribution in [0.3, 0.4) is 0 Å². The molecule has 0 radical (unpaired) electrons. The normalized spacial score (nSPS) is 20.6. The molecular weight excluding hydrogens is 516 g/mol. The zero-order valence-corrected chi connectivity index (χ0v) is 19.2. The van der Waals surface area contributed by atoms with Gasteiger partial charge in [0.15, 0.2) is 0 Å². The summed E-state index contributed by atoms with van der Waals surface area (Å²) in [6, 6.07) is 14.3. The number of nitrogens with two attached hydrogens (primary N) is 1. The van der Waals surface area contributed by atoms with Crippen LogP contribution in [0, 0.1) is 0 Å². The molecule has 156 valence electrons. The van der Waals surface area contributed by atoms with E-state index in [9.17, 15) is 9.59 Å². The number of hydrogen-bond donors (Lipinski definition) is 1. The molecule has 2 fully saturated rings. The Labute approximate surface area is 190 Å². The monoisotopic (exact) mass is 534 g/mol. The van der Waals surface area contributed by atoms with Gasteiger partial charge in [-0.25, -0.2) is 0 Å².